The van der Waals surface area contributed by atoms with E-state index in [2.05, 4.69) is 0 Å². The number of carboxylic acid groups (broad SMARTS) is 1. The summed E-state index contributed by atoms with van der Waals surface area (Å²) >= 11 is 0. The molecule has 0 aliphatic heterocycles. The molecule has 0 amide bonds. The van der Waals surface area contributed by atoms with Gasteiger partial charge in [-0.1, -0.05) is 6.92 Å². The summed E-state index contributed by atoms with van der Waals surface area (Å²) in [5, 5.41) is 17.0. The summed E-state index contributed by atoms with van der Waals surface area (Å²) in [6.07, 6.45) is -1.56. The maximum atomic E-state index is 12.6. The van der Waals surface area contributed by atoms with Gasteiger partial charge in [0.2, 0.25) is 0 Å². The van der Waals surface area contributed by atoms with Gasteiger partial charge in [-0.25, -0.2) is 4.79 Å². The summed E-state index contributed by atoms with van der Waals surface area (Å²) in [4.78, 5) is 9.99. The summed E-state index contributed by atoms with van der Waals surface area (Å²) in [5.74, 6) is -6.81. The lowest BCUT2D eigenvalue weighted by Gasteiger charge is -2.17. The van der Waals surface area contributed by atoms with Gasteiger partial charge < -0.3 is 10.2 Å². The molecule has 3 nitrogen and oxygen atoms in total. The van der Waals surface area contributed by atoms with Crippen LogP contribution in [0.1, 0.15) is 13.3 Å². The Bertz CT molecular complexity index is 205. The van der Waals surface area contributed by atoms with Crippen LogP contribution in [0.5, 0.6) is 0 Å². The molecule has 0 spiro atoms. The van der Waals surface area contributed by atoms with E-state index in [1.54, 1.807) is 6.92 Å². The number of aliphatic hydroxyl groups excluding tert-OH is 1. The van der Waals surface area contributed by atoms with E-state index >= 15 is 0 Å². The van der Waals surface area contributed by atoms with Crippen molar-refractivity contribution in [3.8, 4) is 0 Å². The van der Waals surface area contributed by atoms with Gasteiger partial charge in [0.25, 0.3) is 0 Å². The number of aliphatic carboxylic acids is 1. The standard InChI is InChI=1S/C7H10F2O3/c1-3-2-4(3)5(10)7(8,9)6(11)12/h3-5,10H,2H2,1H3,(H,11,12). The highest BCUT2D eigenvalue weighted by Crippen LogP contribution is 2.45. The quantitative estimate of drug-likeness (QED) is 0.672. The minimum Gasteiger partial charge on any atom is -0.477 e. The van der Waals surface area contributed by atoms with Crippen molar-refractivity contribution >= 4 is 5.97 Å². The summed E-state index contributed by atoms with van der Waals surface area (Å²) in [6, 6.07) is 0. The smallest absolute Gasteiger partial charge is 0.377 e. The Kier molecular flexibility index (Phi) is 2.07. The molecule has 0 aromatic rings. The first-order chi connectivity index (χ1) is 5.37. The van der Waals surface area contributed by atoms with Crippen LogP contribution in [0.25, 0.3) is 0 Å². The van der Waals surface area contributed by atoms with Gasteiger partial charge in [0.1, 0.15) is 6.10 Å². The second-order valence-electron chi connectivity index (χ2n) is 3.25. The van der Waals surface area contributed by atoms with E-state index in [0.717, 1.165) is 0 Å². The van der Waals surface area contributed by atoms with Gasteiger partial charge in [0, 0.05) is 0 Å². The topological polar surface area (TPSA) is 57.5 Å². The van der Waals surface area contributed by atoms with Crippen LogP contribution in [-0.2, 0) is 4.79 Å². The second-order valence-corrected chi connectivity index (χ2v) is 3.25. The van der Waals surface area contributed by atoms with Crippen LogP contribution in [0.3, 0.4) is 0 Å². The predicted molar refractivity (Wildman–Crippen MR) is 35.9 cm³/mol. The minimum absolute atomic E-state index is 0.00484. The number of halogens is 2. The van der Waals surface area contributed by atoms with Crippen molar-refractivity contribution in [3.05, 3.63) is 0 Å². The Balaban J connectivity index is 2.62. The second kappa shape index (κ2) is 2.65. The average molecular weight is 180 g/mol. The zero-order valence-corrected chi connectivity index (χ0v) is 6.50. The number of rotatable bonds is 3. The molecular formula is C7H10F2O3. The number of alkyl halides is 2. The van der Waals surface area contributed by atoms with Gasteiger partial charge in [-0.05, 0) is 18.3 Å². The van der Waals surface area contributed by atoms with Gasteiger partial charge in [0.05, 0.1) is 0 Å². The predicted octanol–water partition coefficient (Wildman–Crippen LogP) is 0.723. The first kappa shape index (κ1) is 9.38. The van der Waals surface area contributed by atoms with Crippen molar-refractivity contribution in [1.82, 2.24) is 0 Å². The van der Waals surface area contributed by atoms with Crippen LogP contribution in [0.4, 0.5) is 8.78 Å². The number of carboxylic acids is 1. The van der Waals surface area contributed by atoms with Crippen molar-refractivity contribution in [3.63, 3.8) is 0 Å². The summed E-state index contributed by atoms with van der Waals surface area (Å²) in [7, 11) is 0. The largest absolute Gasteiger partial charge is 0.477 e. The molecule has 0 aromatic carbocycles. The van der Waals surface area contributed by atoms with Gasteiger partial charge >= 0.3 is 11.9 Å². The highest BCUT2D eigenvalue weighted by Gasteiger charge is 2.55. The normalized spacial score (nSPS) is 31.3. The summed E-state index contributed by atoms with van der Waals surface area (Å²) in [5.41, 5.74) is 0. The van der Waals surface area contributed by atoms with Crippen LogP contribution in [0.15, 0.2) is 0 Å². The fourth-order valence-electron chi connectivity index (χ4n) is 1.19. The van der Waals surface area contributed by atoms with E-state index < -0.39 is 23.9 Å². The maximum Gasteiger partial charge on any atom is 0.377 e. The fraction of sp³-hybridized carbons (Fsp3) is 0.857. The first-order valence-electron chi connectivity index (χ1n) is 3.66. The lowest BCUT2D eigenvalue weighted by molar-refractivity contribution is -0.184. The molecule has 0 aromatic heterocycles. The minimum atomic E-state index is -4.00. The molecule has 3 atom stereocenters. The molecule has 0 saturated heterocycles. The highest BCUT2D eigenvalue weighted by atomic mass is 19.3. The molecule has 1 aliphatic rings. The molecule has 1 aliphatic carbocycles. The van der Waals surface area contributed by atoms with Crippen molar-refractivity contribution in [2.75, 3.05) is 0 Å². The highest BCUT2D eigenvalue weighted by molar-refractivity contribution is 5.76. The van der Waals surface area contributed by atoms with Gasteiger partial charge in [-0.2, -0.15) is 8.78 Å². The molecule has 0 bridgehead atoms. The summed E-state index contributed by atoms with van der Waals surface area (Å²) < 4.78 is 25.1. The van der Waals surface area contributed by atoms with E-state index in [1.165, 1.54) is 0 Å². The molecule has 2 N–H and O–H groups in total. The van der Waals surface area contributed by atoms with Gasteiger partial charge in [0.15, 0.2) is 0 Å². The monoisotopic (exact) mass is 180 g/mol. The van der Waals surface area contributed by atoms with Gasteiger partial charge in [-0.15, -0.1) is 0 Å². The fourth-order valence-corrected chi connectivity index (χ4v) is 1.19. The van der Waals surface area contributed by atoms with Crippen LogP contribution in [0, 0.1) is 11.8 Å². The molecule has 12 heavy (non-hydrogen) atoms. The molecule has 0 heterocycles. The average Bonchev–Trinajstić information content (AvgIpc) is 2.65. The number of hydrogen-bond acceptors (Lipinski definition) is 2. The van der Waals surface area contributed by atoms with Crippen molar-refractivity contribution in [2.45, 2.75) is 25.4 Å². The van der Waals surface area contributed by atoms with Crippen LogP contribution < -0.4 is 0 Å². The summed E-state index contributed by atoms with van der Waals surface area (Å²) in [6.45, 7) is 1.70. The lowest BCUT2D eigenvalue weighted by Crippen LogP contribution is -2.42. The molecule has 1 rings (SSSR count). The Morgan fingerprint density at radius 2 is 2.08 bits per heavy atom. The first-order valence-corrected chi connectivity index (χ1v) is 3.66. The number of aliphatic hydroxyl groups is 1. The molecule has 1 saturated carbocycles. The van der Waals surface area contributed by atoms with Crippen molar-refractivity contribution < 1.29 is 23.8 Å². The molecule has 5 heteroatoms. The molecule has 70 valence electrons. The SMILES string of the molecule is CC1CC1C(O)C(F)(F)C(=O)O. The Morgan fingerprint density at radius 1 is 1.67 bits per heavy atom. The molecule has 1 fully saturated rings. The van der Waals surface area contributed by atoms with Crippen LogP contribution in [-0.4, -0.2) is 28.2 Å². The maximum absolute atomic E-state index is 12.6. The van der Waals surface area contributed by atoms with E-state index in [-0.39, 0.29) is 5.92 Å². The molecule has 3 unspecified atom stereocenters. The third kappa shape index (κ3) is 1.41. The van der Waals surface area contributed by atoms with E-state index in [4.69, 9.17) is 10.2 Å². The Hall–Kier alpha value is -0.710. The van der Waals surface area contributed by atoms with E-state index in [9.17, 15) is 13.6 Å². The third-order valence-electron chi connectivity index (χ3n) is 2.23. The number of hydrogen-bond donors (Lipinski definition) is 2. The van der Waals surface area contributed by atoms with Gasteiger partial charge in [-0.3, -0.25) is 0 Å². The van der Waals surface area contributed by atoms with Crippen LogP contribution >= 0.6 is 0 Å². The number of carbonyl (C=O) groups is 1. The third-order valence-corrected chi connectivity index (χ3v) is 2.23. The van der Waals surface area contributed by atoms with Crippen LogP contribution in [0.2, 0.25) is 0 Å². The zero-order valence-electron chi connectivity index (χ0n) is 6.50. The van der Waals surface area contributed by atoms with Crippen molar-refractivity contribution in [2.24, 2.45) is 11.8 Å². The molecule has 0 radical (unpaired) electrons. The lowest BCUT2D eigenvalue weighted by atomic mass is 10.1. The Morgan fingerprint density at radius 3 is 2.33 bits per heavy atom. The van der Waals surface area contributed by atoms with Crippen molar-refractivity contribution in [1.29, 1.82) is 0 Å². The van der Waals surface area contributed by atoms with E-state index in [0.29, 0.717) is 6.42 Å². The van der Waals surface area contributed by atoms with E-state index in [1.807, 2.05) is 0 Å². The molecular weight excluding hydrogens is 170 g/mol. The Labute approximate surface area is 68.0 Å². The zero-order chi connectivity index (χ0) is 9.52.